The Kier molecular flexibility index (Phi) is 2.34. The molecular weight excluding hydrogens is 212 g/mol. The zero-order chi connectivity index (χ0) is 10.8. The van der Waals surface area contributed by atoms with Crippen molar-refractivity contribution in [2.75, 3.05) is 5.32 Å². The largest absolute Gasteiger partial charge is 0.375 e. The van der Waals surface area contributed by atoms with Crippen LogP contribution < -0.4 is 16.5 Å². The van der Waals surface area contributed by atoms with Crippen LogP contribution >= 0.6 is 12.2 Å². The minimum atomic E-state index is -0.172. The normalized spacial score (nSPS) is 16.0. The Morgan fingerprint density at radius 2 is 2.20 bits per heavy atom. The average Bonchev–Trinajstić information content (AvgIpc) is 2.54. The Hall–Kier alpha value is -1.95. The zero-order valence-corrected chi connectivity index (χ0v) is 8.47. The highest BCUT2D eigenvalue weighted by Gasteiger charge is 2.25. The van der Waals surface area contributed by atoms with Crippen LogP contribution in [-0.4, -0.2) is 16.7 Å². The van der Waals surface area contributed by atoms with Crippen molar-refractivity contribution in [2.45, 2.75) is 0 Å². The highest BCUT2D eigenvalue weighted by molar-refractivity contribution is 7.80. The molecule has 1 aliphatic rings. The number of hydrogen-bond donors (Lipinski definition) is 3. The molecule has 0 saturated heterocycles. The lowest BCUT2D eigenvalue weighted by atomic mass is 10.1. The Balaban J connectivity index is 2.27. The molecule has 1 aromatic carbocycles. The number of para-hydroxylation sites is 1. The first-order valence-electron chi connectivity index (χ1n) is 4.22. The summed E-state index contributed by atoms with van der Waals surface area (Å²) in [4.78, 5) is 11.7. The number of hydrogen-bond acceptors (Lipinski definition) is 3. The maximum atomic E-state index is 11.7. The number of fused-ring (bicyclic) bond motifs is 1. The van der Waals surface area contributed by atoms with Crippen molar-refractivity contribution >= 4 is 34.6 Å². The smallest absolute Gasteiger partial charge is 0.232 e. The van der Waals surface area contributed by atoms with Gasteiger partial charge in [0.15, 0.2) is 10.9 Å². The summed E-state index contributed by atoms with van der Waals surface area (Å²) in [6.07, 6.45) is 0. The van der Waals surface area contributed by atoms with Gasteiger partial charge in [0.05, 0.1) is 5.69 Å². The van der Waals surface area contributed by atoms with Crippen LogP contribution in [0.3, 0.4) is 0 Å². The second kappa shape index (κ2) is 3.66. The van der Waals surface area contributed by atoms with E-state index in [4.69, 9.17) is 5.73 Å². The molecule has 4 N–H and O–H groups in total. The van der Waals surface area contributed by atoms with Crippen LogP contribution in [0.1, 0.15) is 10.4 Å². The van der Waals surface area contributed by atoms with Crippen LogP contribution in [-0.2, 0) is 0 Å². The third-order valence-electron chi connectivity index (χ3n) is 1.92. The quantitative estimate of drug-likeness (QED) is 0.473. The van der Waals surface area contributed by atoms with Crippen LogP contribution in [0.5, 0.6) is 0 Å². The van der Waals surface area contributed by atoms with Crippen molar-refractivity contribution in [1.29, 1.82) is 0 Å². The summed E-state index contributed by atoms with van der Waals surface area (Å²) in [5.74, 6) is 0.0263. The van der Waals surface area contributed by atoms with Gasteiger partial charge in [-0.05, 0) is 24.4 Å². The number of Topliss-reactive ketones (excluding diaryl/α,β-unsaturated/α-hetero) is 1. The third kappa shape index (κ3) is 1.79. The highest BCUT2D eigenvalue weighted by Crippen LogP contribution is 2.22. The van der Waals surface area contributed by atoms with Crippen LogP contribution in [0.2, 0.25) is 0 Å². The standard InChI is InChI=1S/C9H8N4OS/c10-9(15)13-12-8-7(14)5-3-1-2-4-6(5)11-8/h1-4H,(H3,10,13,15)(H,11,12,14). The van der Waals surface area contributed by atoms with E-state index >= 15 is 0 Å². The van der Waals surface area contributed by atoms with Crippen molar-refractivity contribution in [3.05, 3.63) is 29.8 Å². The van der Waals surface area contributed by atoms with Gasteiger partial charge < -0.3 is 11.1 Å². The van der Waals surface area contributed by atoms with Gasteiger partial charge in [-0.3, -0.25) is 10.2 Å². The molecule has 1 heterocycles. The molecule has 1 aliphatic heterocycles. The Labute approximate surface area is 91.3 Å². The first kappa shape index (κ1) is 9.60. The second-order valence-electron chi connectivity index (χ2n) is 2.94. The number of nitrogens with two attached hydrogens (primary N) is 1. The fourth-order valence-electron chi connectivity index (χ4n) is 1.29. The predicted molar refractivity (Wildman–Crippen MR) is 61.8 cm³/mol. The number of carbonyl (C=O) groups is 1. The van der Waals surface area contributed by atoms with E-state index in [1.54, 1.807) is 18.2 Å². The van der Waals surface area contributed by atoms with E-state index in [1.165, 1.54) is 0 Å². The van der Waals surface area contributed by atoms with Gasteiger partial charge in [-0.15, -0.1) is 0 Å². The lowest BCUT2D eigenvalue weighted by Gasteiger charge is -1.97. The number of anilines is 1. The Bertz CT molecular complexity index is 469. The van der Waals surface area contributed by atoms with Crippen LogP contribution in [0.15, 0.2) is 29.4 Å². The van der Waals surface area contributed by atoms with Crippen LogP contribution in [0.25, 0.3) is 0 Å². The maximum Gasteiger partial charge on any atom is 0.232 e. The van der Waals surface area contributed by atoms with Crippen LogP contribution in [0.4, 0.5) is 5.69 Å². The average molecular weight is 220 g/mol. The first-order chi connectivity index (χ1) is 7.18. The van der Waals surface area contributed by atoms with E-state index in [-0.39, 0.29) is 16.7 Å². The summed E-state index contributed by atoms with van der Waals surface area (Å²) < 4.78 is 0. The van der Waals surface area contributed by atoms with Crippen molar-refractivity contribution in [2.24, 2.45) is 10.8 Å². The molecule has 76 valence electrons. The number of rotatable bonds is 1. The van der Waals surface area contributed by atoms with Gasteiger partial charge in [-0.2, -0.15) is 5.10 Å². The first-order valence-corrected chi connectivity index (χ1v) is 4.63. The van der Waals surface area contributed by atoms with Crippen molar-refractivity contribution < 1.29 is 4.79 Å². The monoisotopic (exact) mass is 220 g/mol. The Morgan fingerprint density at radius 3 is 2.87 bits per heavy atom. The summed E-state index contributed by atoms with van der Waals surface area (Å²) >= 11 is 4.58. The van der Waals surface area contributed by atoms with Gasteiger partial charge in [0, 0.05) is 5.56 Å². The molecule has 5 nitrogen and oxygen atoms in total. The number of nitrogens with zero attached hydrogens (tertiary/aromatic N) is 1. The zero-order valence-electron chi connectivity index (χ0n) is 7.65. The molecule has 15 heavy (non-hydrogen) atoms. The maximum absolute atomic E-state index is 11.7. The lowest BCUT2D eigenvalue weighted by molar-refractivity contribution is 0.106. The minimum absolute atomic E-state index is 0.0213. The van der Waals surface area contributed by atoms with E-state index in [0.717, 1.165) is 5.69 Å². The van der Waals surface area contributed by atoms with Crippen molar-refractivity contribution in [3.8, 4) is 0 Å². The molecule has 1 aromatic rings. The van der Waals surface area contributed by atoms with E-state index < -0.39 is 0 Å². The molecular formula is C9H8N4OS. The summed E-state index contributed by atoms with van der Waals surface area (Å²) in [6, 6.07) is 7.16. The summed E-state index contributed by atoms with van der Waals surface area (Å²) in [5.41, 5.74) is 8.90. The van der Waals surface area contributed by atoms with Gasteiger partial charge in [0.1, 0.15) is 0 Å². The van der Waals surface area contributed by atoms with E-state index in [0.29, 0.717) is 5.56 Å². The predicted octanol–water partition coefficient (Wildman–Crippen LogP) is 0.441. The molecule has 0 unspecified atom stereocenters. The topological polar surface area (TPSA) is 79.5 Å². The molecule has 0 saturated carbocycles. The van der Waals surface area contributed by atoms with Crippen molar-refractivity contribution in [1.82, 2.24) is 5.43 Å². The number of hydrazone groups is 1. The highest BCUT2D eigenvalue weighted by atomic mass is 32.1. The number of thiocarbonyl (C=S) groups is 1. The second-order valence-corrected chi connectivity index (χ2v) is 3.38. The molecule has 6 heteroatoms. The molecule has 0 spiro atoms. The van der Waals surface area contributed by atoms with Gasteiger partial charge in [-0.1, -0.05) is 12.1 Å². The summed E-state index contributed by atoms with van der Waals surface area (Å²) in [7, 11) is 0. The molecule has 0 aromatic heterocycles. The number of nitrogens with one attached hydrogen (secondary N) is 2. The Morgan fingerprint density at radius 1 is 1.47 bits per heavy atom. The third-order valence-corrected chi connectivity index (χ3v) is 2.01. The molecule has 0 bridgehead atoms. The fraction of sp³-hybridized carbons (Fsp3) is 0. The number of benzene rings is 1. The molecule has 0 aliphatic carbocycles. The SMILES string of the molecule is NC(=S)NN=C1Nc2ccccc2C1=O. The number of ketones is 1. The van der Waals surface area contributed by atoms with E-state index in [2.05, 4.69) is 28.1 Å². The van der Waals surface area contributed by atoms with Crippen LogP contribution in [0, 0.1) is 0 Å². The molecule has 0 fully saturated rings. The van der Waals surface area contributed by atoms with Gasteiger partial charge in [0.25, 0.3) is 0 Å². The van der Waals surface area contributed by atoms with Crippen molar-refractivity contribution in [3.63, 3.8) is 0 Å². The van der Waals surface area contributed by atoms with E-state index in [1.807, 2.05) is 6.07 Å². The number of amidine groups is 1. The summed E-state index contributed by atoms with van der Waals surface area (Å²) in [5, 5.41) is 6.64. The molecule has 2 rings (SSSR count). The number of carbonyl (C=O) groups excluding carboxylic acids is 1. The lowest BCUT2D eigenvalue weighted by Crippen LogP contribution is -2.28. The molecule has 0 amide bonds. The molecule has 0 radical (unpaired) electrons. The van der Waals surface area contributed by atoms with E-state index in [9.17, 15) is 4.79 Å². The molecule has 0 atom stereocenters. The van der Waals surface area contributed by atoms with Gasteiger partial charge in [0.2, 0.25) is 5.78 Å². The minimum Gasteiger partial charge on any atom is -0.375 e. The fourth-order valence-corrected chi connectivity index (χ4v) is 1.34. The van der Waals surface area contributed by atoms with Gasteiger partial charge in [-0.25, -0.2) is 0 Å². The van der Waals surface area contributed by atoms with Gasteiger partial charge >= 0.3 is 0 Å². The summed E-state index contributed by atoms with van der Waals surface area (Å²) in [6.45, 7) is 0.